The highest BCUT2D eigenvalue weighted by Crippen LogP contribution is 2.43. The molecule has 0 radical (unpaired) electrons. The largest absolute Gasteiger partial charge is 0.467 e. The molecule has 0 atom stereocenters. The van der Waals surface area contributed by atoms with Crippen LogP contribution < -0.4 is 11.1 Å². The van der Waals surface area contributed by atoms with Gasteiger partial charge in [-0.1, -0.05) is 0 Å². The molecule has 1 saturated carbocycles. The topological polar surface area (TPSA) is 81.2 Å². The van der Waals surface area contributed by atoms with Gasteiger partial charge in [0, 0.05) is 11.6 Å². The Bertz CT molecular complexity index is 854. The van der Waals surface area contributed by atoms with Gasteiger partial charge in [0.1, 0.15) is 12.0 Å². The van der Waals surface area contributed by atoms with Gasteiger partial charge in [0.2, 0.25) is 0 Å². The molecule has 1 amide bonds. The Morgan fingerprint density at radius 1 is 1.39 bits per heavy atom. The molecule has 120 valence electrons. The van der Waals surface area contributed by atoms with Crippen molar-refractivity contribution in [3.8, 4) is 0 Å². The van der Waals surface area contributed by atoms with Crippen molar-refractivity contribution in [2.75, 3.05) is 5.32 Å². The van der Waals surface area contributed by atoms with Crippen molar-refractivity contribution >= 4 is 45.6 Å². The van der Waals surface area contributed by atoms with Gasteiger partial charge in [0.15, 0.2) is 0 Å². The van der Waals surface area contributed by atoms with E-state index in [1.165, 1.54) is 24.1 Å². The van der Waals surface area contributed by atoms with E-state index in [1.807, 2.05) is 18.2 Å². The fourth-order valence-electron chi connectivity index (χ4n) is 2.34. The van der Waals surface area contributed by atoms with Crippen molar-refractivity contribution in [2.24, 2.45) is 5.73 Å². The fraction of sp³-hybridized carbons (Fsp3) is 0.250. The maximum Gasteiger partial charge on any atom is 0.258 e. The molecule has 1 aliphatic rings. The average molecular weight is 350 g/mol. The van der Waals surface area contributed by atoms with Gasteiger partial charge in [0.05, 0.1) is 27.3 Å². The molecule has 1 aliphatic carbocycles. The molecule has 2 aromatic heterocycles. The van der Waals surface area contributed by atoms with Crippen molar-refractivity contribution in [3.63, 3.8) is 0 Å². The van der Waals surface area contributed by atoms with E-state index in [9.17, 15) is 4.79 Å². The lowest BCUT2D eigenvalue weighted by molar-refractivity contribution is 0.102. The molecule has 3 aromatic rings. The predicted octanol–water partition coefficient (Wildman–Crippen LogP) is 3.90. The van der Waals surface area contributed by atoms with Crippen LogP contribution >= 0.6 is 23.7 Å². The van der Waals surface area contributed by atoms with Crippen LogP contribution in [0.15, 0.2) is 34.9 Å². The summed E-state index contributed by atoms with van der Waals surface area (Å²) < 4.78 is 6.29. The number of benzene rings is 1. The van der Waals surface area contributed by atoms with Gasteiger partial charge < -0.3 is 15.5 Å². The van der Waals surface area contributed by atoms with Crippen LogP contribution in [0.3, 0.4) is 0 Å². The van der Waals surface area contributed by atoms with E-state index in [4.69, 9.17) is 10.2 Å². The van der Waals surface area contributed by atoms with Crippen molar-refractivity contribution in [2.45, 2.75) is 25.3 Å². The lowest BCUT2D eigenvalue weighted by atomic mass is 10.2. The third kappa shape index (κ3) is 3.24. The Balaban J connectivity index is 0.00000156. The maximum absolute atomic E-state index is 12.2. The quantitative estimate of drug-likeness (QED) is 0.748. The molecule has 1 aromatic carbocycles. The number of nitrogens with two attached hydrogens (primary N) is 1. The number of carbonyl (C=O) groups is 1. The average Bonchev–Trinajstić information content (AvgIpc) is 3.11. The molecule has 3 N–H and O–H groups in total. The van der Waals surface area contributed by atoms with Gasteiger partial charge >= 0.3 is 0 Å². The molecular weight excluding hydrogens is 334 g/mol. The second kappa shape index (κ2) is 6.31. The van der Waals surface area contributed by atoms with Crippen LogP contribution in [0.5, 0.6) is 0 Å². The summed E-state index contributed by atoms with van der Waals surface area (Å²) in [5.74, 6) is 1.04. The third-order valence-corrected chi connectivity index (χ3v) is 4.89. The first-order chi connectivity index (χ1) is 10.7. The number of amides is 1. The molecule has 5 nitrogen and oxygen atoms in total. The summed E-state index contributed by atoms with van der Waals surface area (Å²) in [7, 11) is 0. The minimum Gasteiger partial charge on any atom is -0.467 e. The fourth-order valence-corrected chi connectivity index (χ4v) is 3.51. The number of anilines is 1. The van der Waals surface area contributed by atoms with Gasteiger partial charge in [-0.25, -0.2) is 4.98 Å². The number of fused-ring (bicyclic) bond motifs is 1. The monoisotopic (exact) mass is 349 g/mol. The summed E-state index contributed by atoms with van der Waals surface area (Å²) in [6, 6.07) is 7.46. The summed E-state index contributed by atoms with van der Waals surface area (Å²) in [5, 5.41) is 4.09. The van der Waals surface area contributed by atoms with Gasteiger partial charge in [-0.05, 0) is 37.1 Å². The molecule has 0 saturated heterocycles. The number of nitrogens with one attached hydrogen (secondary N) is 1. The lowest BCUT2D eigenvalue weighted by Crippen LogP contribution is -2.10. The number of furan rings is 1. The van der Waals surface area contributed by atoms with Gasteiger partial charge in [0.25, 0.3) is 5.91 Å². The number of nitrogens with zero attached hydrogens (tertiary/aromatic N) is 1. The molecule has 4 rings (SSSR count). The number of rotatable bonds is 4. The van der Waals surface area contributed by atoms with Gasteiger partial charge in [-0.15, -0.1) is 23.7 Å². The number of thiazole rings is 1. The molecule has 23 heavy (non-hydrogen) atoms. The molecule has 0 spiro atoms. The number of halogens is 1. The van der Waals surface area contributed by atoms with E-state index in [1.54, 1.807) is 17.4 Å². The van der Waals surface area contributed by atoms with E-state index >= 15 is 0 Å². The van der Waals surface area contributed by atoms with Crippen molar-refractivity contribution in [1.29, 1.82) is 0 Å². The molecule has 1 fully saturated rings. The van der Waals surface area contributed by atoms with E-state index < -0.39 is 0 Å². The van der Waals surface area contributed by atoms with Gasteiger partial charge in [-0.3, -0.25) is 4.79 Å². The predicted molar refractivity (Wildman–Crippen MR) is 93.4 cm³/mol. The minimum absolute atomic E-state index is 0. The van der Waals surface area contributed by atoms with E-state index in [0.29, 0.717) is 17.2 Å². The van der Waals surface area contributed by atoms with Crippen LogP contribution in [-0.2, 0) is 6.54 Å². The van der Waals surface area contributed by atoms with Crippen molar-refractivity contribution < 1.29 is 9.21 Å². The Morgan fingerprint density at radius 3 is 2.91 bits per heavy atom. The zero-order valence-corrected chi connectivity index (χ0v) is 13.9. The summed E-state index contributed by atoms with van der Waals surface area (Å²) in [4.78, 5) is 16.8. The second-order valence-electron chi connectivity index (χ2n) is 5.47. The lowest BCUT2D eigenvalue weighted by Gasteiger charge is -2.02. The Morgan fingerprint density at radius 2 is 2.22 bits per heavy atom. The summed E-state index contributed by atoms with van der Waals surface area (Å²) in [5.41, 5.74) is 7.72. The minimum atomic E-state index is -0.199. The summed E-state index contributed by atoms with van der Waals surface area (Å²) in [6.45, 7) is 0.282. The number of hydrogen-bond acceptors (Lipinski definition) is 5. The van der Waals surface area contributed by atoms with Crippen LogP contribution in [0, 0.1) is 0 Å². The Hall–Kier alpha value is -1.89. The van der Waals surface area contributed by atoms with Crippen LogP contribution in [-0.4, -0.2) is 10.9 Å². The van der Waals surface area contributed by atoms with Crippen LogP contribution in [0.25, 0.3) is 10.2 Å². The first kappa shape index (κ1) is 16.0. The highest BCUT2D eigenvalue weighted by atomic mass is 35.5. The highest BCUT2D eigenvalue weighted by Gasteiger charge is 2.27. The van der Waals surface area contributed by atoms with E-state index in [2.05, 4.69) is 10.3 Å². The smallest absolute Gasteiger partial charge is 0.258 e. The summed E-state index contributed by atoms with van der Waals surface area (Å²) >= 11 is 1.72. The molecule has 7 heteroatoms. The molecule has 0 aliphatic heterocycles. The normalized spacial score (nSPS) is 13.8. The first-order valence-electron chi connectivity index (χ1n) is 7.22. The number of hydrogen-bond donors (Lipinski definition) is 2. The molecule has 2 heterocycles. The maximum atomic E-state index is 12.2. The standard InChI is InChI=1S/C16H15N3O2S.ClH/c17-7-12-5-10(8-21-12)15(20)18-11-3-4-13-14(6-11)22-16(19-13)9-1-2-9;/h3-6,8-9H,1-2,7,17H2,(H,18,20);1H. The highest BCUT2D eigenvalue weighted by molar-refractivity contribution is 7.18. The number of aromatic nitrogens is 1. The third-order valence-electron chi connectivity index (χ3n) is 3.71. The molecule has 0 unspecified atom stereocenters. The Labute approximate surface area is 143 Å². The van der Waals surface area contributed by atoms with Crippen LogP contribution in [0.2, 0.25) is 0 Å². The Kier molecular flexibility index (Phi) is 4.39. The molecular formula is C16H16ClN3O2S. The van der Waals surface area contributed by atoms with Crippen molar-refractivity contribution in [1.82, 2.24) is 4.98 Å². The van der Waals surface area contributed by atoms with Crippen LogP contribution in [0.4, 0.5) is 5.69 Å². The van der Waals surface area contributed by atoms with Gasteiger partial charge in [-0.2, -0.15) is 0 Å². The zero-order valence-electron chi connectivity index (χ0n) is 12.2. The summed E-state index contributed by atoms with van der Waals surface area (Å²) in [6.07, 6.45) is 3.91. The zero-order chi connectivity index (χ0) is 15.1. The van der Waals surface area contributed by atoms with Crippen LogP contribution in [0.1, 0.15) is 39.9 Å². The van der Waals surface area contributed by atoms with E-state index in [-0.39, 0.29) is 24.9 Å². The first-order valence-corrected chi connectivity index (χ1v) is 8.04. The van der Waals surface area contributed by atoms with E-state index in [0.717, 1.165) is 15.9 Å². The molecule has 0 bridgehead atoms. The SMILES string of the molecule is Cl.NCc1cc(C(=O)Nc2ccc3nc(C4CC4)sc3c2)co1. The number of carbonyl (C=O) groups excluding carboxylic acids is 1. The van der Waals surface area contributed by atoms with Crippen molar-refractivity contribution in [3.05, 3.63) is 46.9 Å². The second-order valence-corrected chi connectivity index (χ2v) is 6.53.